The van der Waals surface area contributed by atoms with Crippen LogP contribution in [0.2, 0.25) is 0 Å². The van der Waals surface area contributed by atoms with Gasteiger partial charge in [0.1, 0.15) is 0 Å². The highest BCUT2D eigenvalue weighted by Crippen LogP contribution is 2.48. The molecule has 0 fully saturated rings. The lowest BCUT2D eigenvalue weighted by molar-refractivity contribution is -0.116. The Balaban J connectivity index is 1.78. The van der Waals surface area contributed by atoms with Gasteiger partial charge in [-0.1, -0.05) is 54.1 Å². The molecule has 0 unspecified atom stereocenters. The van der Waals surface area contributed by atoms with E-state index < -0.39 is 0 Å². The summed E-state index contributed by atoms with van der Waals surface area (Å²) in [6.45, 7) is 2.05. The second kappa shape index (κ2) is 5.60. The van der Waals surface area contributed by atoms with E-state index in [2.05, 4.69) is 6.07 Å². The number of fused-ring (bicyclic) bond motifs is 3. The maximum absolute atomic E-state index is 13.3. The third-order valence-corrected chi connectivity index (χ3v) is 5.78. The minimum absolute atomic E-state index is 0.0933. The third-order valence-electron chi connectivity index (χ3n) is 5.78. The van der Waals surface area contributed by atoms with Gasteiger partial charge in [-0.25, -0.2) is 0 Å². The van der Waals surface area contributed by atoms with E-state index >= 15 is 0 Å². The zero-order valence-corrected chi connectivity index (χ0v) is 14.7. The quantitative estimate of drug-likeness (QED) is 0.772. The number of allylic oxidation sites excluding steroid dienone is 2. The summed E-state index contributed by atoms with van der Waals surface area (Å²) in [4.78, 5) is 31.0. The molecule has 0 saturated heterocycles. The maximum Gasteiger partial charge on any atom is 0.173 e. The molecule has 2 atom stereocenters. The number of benzene rings is 2. The van der Waals surface area contributed by atoms with Gasteiger partial charge in [-0.2, -0.15) is 0 Å². The van der Waals surface area contributed by atoms with Crippen LogP contribution in [0, 0.1) is 12.8 Å². The first-order chi connectivity index (χ1) is 12.6. The number of nitrogens with zero attached hydrogens (tertiary/aromatic N) is 1. The Labute approximate surface area is 152 Å². The largest absolute Gasteiger partial charge is 0.294 e. The number of ketones is 2. The summed E-state index contributed by atoms with van der Waals surface area (Å²) in [6, 6.07) is 15.9. The predicted octanol–water partition coefficient (Wildman–Crippen LogP) is 4.40. The van der Waals surface area contributed by atoms with E-state index in [-0.39, 0.29) is 23.4 Å². The smallest absolute Gasteiger partial charge is 0.173 e. The number of aryl methyl sites for hydroxylation is 1. The Kier molecular flexibility index (Phi) is 3.33. The molecule has 0 radical (unpaired) electrons. The Morgan fingerprint density at radius 2 is 1.73 bits per heavy atom. The molecule has 0 N–H and O–H groups in total. The van der Waals surface area contributed by atoms with Gasteiger partial charge in [0.05, 0.1) is 11.6 Å². The summed E-state index contributed by atoms with van der Waals surface area (Å²) in [5.41, 5.74) is 6.38. The highest BCUT2D eigenvalue weighted by Gasteiger charge is 2.48. The molecule has 0 amide bonds. The molecule has 3 heteroatoms. The van der Waals surface area contributed by atoms with Crippen molar-refractivity contribution < 1.29 is 9.59 Å². The van der Waals surface area contributed by atoms with Gasteiger partial charge in [0, 0.05) is 34.7 Å². The third kappa shape index (κ3) is 2.10. The monoisotopic (exact) mass is 341 g/mol. The van der Waals surface area contributed by atoms with E-state index in [0.29, 0.717) is 6.42 Å². The first-order valence-electron chi connectivity index (χ1n) is 9.20. The Bertz CT molecular complexity index is 1030. The standard InChI is InChI=1S/C23H19NO2/c1-13-6-4-7-14(12-13)19-20-17(10-5-11-18(20)25)24-22-15-8-2-3-9-16(15)23(26)21(19)22/h2-4,6-9,12,19,21H,5,10-11H2,1H3/t19-,21-/m1/s1. The fourth-order valence-electron chi connectivity index (χ4n) is 4.67. The van der Waals surface area contributed by atoms with Crippen LogP contribution in [-0.4, -0.2) is 17.3 Å². The fourth-order valence-corrected chi connectivity index (χ4v) is 4.67. The van der Waals surface area contributed by atoms with E-state index in [0.717, 1.165) is 52.1 Å². The fraction of sp³-hybridized carbons (Fsp3) is 0.261. The number of carbonyl (C=O) groups is 2. The number of rotatable bonds is 1. The molecule has 2 aromatic rings. The molecule has 1 heterocycles. The van der Waals surface area contributed by atoms with Crippen LogP contribution >= 0.6 is 0 Å². The lowest BCUT2D eigenvalue weighted by atomic mass is 9.71. The summed E-state index contributed by atoms with van der Waals surface area (Å²) in [5.74, 6) is -0.347. The van der Waals surface area contributed by atoms with E-state index in [9.17, 15) is 9.59 Å². The van der Waals surface area contributed by atoms with Crippen LogP contribution in [0.1, 0.15) is 52.2 Å². The molecular formula is C23H19NO2. The van der Waals surface area contributed by atoms with Crippen molar-refractivity contribution in [3.63, 3.8) is 0 Å². The van der Waals surface area contributed by atoms with Gasteiger partial charge < -0.3 is 0 Å². The second-order valence-corrected chi connectivity index (χ2v) is 7.41. The normalized spacial score (nSPS) is 24.1. The minimum Gasteiger partial charge on any atom is -0.294 e. The van der Waals surface area contributed by atoms with Gasteiger partial charge in [0.15, 0.2) is 11.6 Å². The van der Waals surface area contributed by atoms with Crippen LogP contribution in [0.4, 0.5) is 0 Å². The van der Waals surface area contributed by atoms with E-state index in [1.54, 1.807) is 0 Å². The van der Waals surface area contributed by atoms with E-state index in [1.165, 1.54) is 0 Å². The number of aliphatic imine (C=N–C) groups is 1. The van der Waals surface area contributed by atoms with Gasteiger partial charge in [-0.15, -0.1) is 0 Å². The van der Waals surface area contributed by atoms with Crippen molar-refractivity contribution in [3.05, 3.63) is 82.1 Å². The summed E-state index contributed by atoms with van der Waals surface area (Å²) in [5, 5.41) is 0. The van der Waals surface area contributed by atoms with Gasteiger partial charge in [-0.3, -0.25) is 14.6 Å². The molecule has 3 aliphatic rings. The first-order valence-corrected chi connectivity index (χ1v) is 9.20. The summed E-state index contributed by atoms with van der Waals surface area (Å²) in [7, 11) is 0. The van der Waals surface area contributed by atoms with Crippen molar-refractivity contribution in [2.45, 2.75) is 32.1 Å². The number of carbonyl (C=O) groups excluding carboxylic acids is 2. The van der Waals surface area contributed by atoms with Crippen molar-refractivity contribution in [2.75, 3.05) is 0 Å². The SMILES string of the molecule is Cc1cccc([C@@H]2C3=C(CCCC3=O)N=C3c4ccccc4C(=O)[C@@H]32)c1. The number of hydrogen-bond donors (Lipinski definition) is 0. The molecule has 1 aliphatic heterocycles. The molecule has 0 spiro atoms. The number of hydrogen-bond acceptors (Lipinski definition) is 3. The lowest BCUT2D eigenvalue weighted by Gasteiger charge is -2.33. The predicted molar refractivity (Wildman–Crippen MR) is 101 cm³/mol. The summed E-state index contributed by atoms with van der Waals surface area (Å²) in [6.07, 6.45) is 2.21. The van der Waals surface area contributed by atoms with E-state index in [4.69, 9.17) is 4.99 Å². The lowest BCUT2D eigenvalue weighted by Crippen LogP contribution is -2.33. The van der Waals surface area contributed by atoms with Crippen LogP contribution in [0.3, 0.4) is 0 Å². The molecule has 128 valence electrons. The van der Waals surface area contributed by atoms with Crippen molar-refractivity contribution >= 4 is 17.3 Å². The summed E-state index contributed by atoms with van der Waals surface area (Å²) >= 11 is 0. The average molecular weight is 341 g/mol. The molecule has 5 rings (SSSR count). The van der Waals surface area contributed by atoms with Gasteiger partial charge >= 0.3 is 0 Å². The highest BCUT2D eigenvalue weighted by molar-refractivity contribution is 6.30. The van der Waals surface area contributed by atoms with Crippen LogP contribution in [0.15, 0.2) is 64.8 Å². The molecule has 2 aromatic carbocycles. The maximum atomic E-state index is 13.3. The van der Waals surface area contributed by atoms with Crippen LogP contribution < -0.4 is 0 Å². The molecule has 2 aliphatic carbocycles. The Morgan fingerprint density at radius 3 is 2.54 bits per heavy atom. The second-order valence-electron chi connectivity index (χ2n) is 7.41. The van der Waals surface area contributed by atoms with Gasteiger partial charge in [-0.05, 0) is 25.3 Å². The van der Waals surface area contributed by atoms with Gasteiger partial charge in [0.25, 0.3) is 0 Å². The topological polar surface area (TPSA) is 46.5 Å². The van der Waals surface area contributed by atoms with Crippen molar-refractivity contribution in [2.24, 2.45) is 10.9 Å². The molecule has 0 saturated carbocycles. The van der Waals surface area contributed by atoms with Crippen molar-refractivity contribution in [1.82, 2.24) is 0 Å². The van der Waals surface area contributed by atoms with Gasteiger partial charge in [0.2, 0.25) is 0 Å². The zero-order valence-electron chi connectivity index (χ0n) is 14.7. The first kappa shape index (κ1) is 15.4. The summed E-state index contributed by atoms with van der Waals surface area (Å²) < 4.78 is 0. The Morgan fingerprint density at radius 1 is 0.923 bits per heavy atom. The molecule has 0 aromatic heterocycles. The molecular weight excluding hydrogens is 322 g/mol. The van der Waals surface area contributed by atoms with Crippen LogP contribution in [0.5, 0.6) is 0 Å². The molecule has 0 bridgehead atoms. The van der Waals surface area contributed by atoms with Crippen LogP contribution in [0.25, 0.3) is 0 Å². The zero-order chi connectivity index (χ0) is 17.8. The van der Waals surface area contributed by atoms with Crippen molar-refractivity contribution in [3.8, 4) is 0 Å². The van der Waals surface area contributed by atoms with E-state index in [1.807, 2.05) is 49.4 Å². The highest BCUT2D eigenvalue weighted by atomic mass is 16.1. The van der Waals surface area contributed by atoms with Crippen molar-refractivity contribution in [1.29, 1.82) is 0 Å². The molecule has 3 nitrogen and oxygen atoms in total. The Hall–Kier alpha value is -2.81. The number of Topliss-reactive ketones (excluding diaryl/α,β-unsaturated/α-hetero) is 2. The molecule has 26 heavy (non-hydrogen) atoms. The average Bonchev–Trinajstić information content (AvgIpc) is 2.93. The minimum atomic E-state index is -0.380. The van der Waals surface area contributed by atoms with Crippen LogP contribution in [-0.2, 0) is 4.79 Å².